The molecule has 0 atom stereocenters. The van der Waals surface area contributed by atoms with Crippen LogP contribution in [0.2, 0.25) is 0 Å². The smallest absolute Gasteiger partial charge is 0.119 e. The number of methoxy groups -OCH3 is 3. The number of ether oxygens (including phenoxy) is 3. The van der Waals surface area contributed by atoms with Gasteiger partial charge in [-0.15, -0.1) is 0 Å². The molecule has 0 aliphatic rings. The van der Waals surface area contributed by atoms with Gasteiger partial charge in [-0.25, -0.2) is 0 Å². The number of nitrogens with two attached hydrogens (primary N) is 1. The lowest BCUT2D eigenvalue weighted by molar-refractivity contribution is -0.00000791. The third-order valence-corrected chi connectivity index (χ3v) is 11.0. The Morgan fingerprint density at radius 3 is 1.14 bits per heavy atom. The van der Waals surface area contributed by atoms with Gasteiger partial charge in [-0.3, -0.25) is 0 Å². The molecule has 0 radical (unpaired) electrons. The minimum absolute atomic E-state index is 0. The van der Waals surface area contributed by atoms with Gasteiger partial charge in [0.2, 0.25) is 0 Å². The lowest BCUT2D eigenvalue weighted by atomic mass is 10.1. The van der Waals surface area contributed by atoms with E-state index in [4.69, 9.17) is 19.9 Å². The van der Waals surface area contributed by atoms with Crippen LogP contribution in [0.3, 0.4) is 0 Å². The first kappa shape index (κ1) is 29.2. The van der Waals surface area contributed by atoms with Crippen LogP contribution in [0.25, 0.3) is 0 Å². The summed E-state index contributed by atoms with van der Waals surface area (Å²) in [5, 5.41) is 4.10. The largest absolute Gasteiger partial charge is 1.00 e. The van der Waals surface area contributed by atoms with Gasteiger partial charge < -0.3 is 36.9 Å². The maximum absolute atomic E-state index is 5.66. The van der Waals surface area contributed by atoms with E-state index in [-0.39, 0.29) is 17.0 Å². The van der Waals surface area contributed by atoms with Crippen LogP contribution in [-0.4, -0.2) is 34.0 Å². The molecular weight excluding hydrogens is 521 g/mol. The summed E-state index contributed by atoms with van der Waals surface area (Å²) < 4.78 is 16.4. The van der Waals surface area contributed by atoms with E-state index in [0.717, 1.165) is 36.4 Å². The van der Waals surface area contributed by atoms with Crippen molar-refractivity contribution in [3.8, 4) is 17.2 Å². The van der Waals surface area contributed by atoms with E-state index < -0.39 is 7.26 Å². The molecule has 0 saturated carbocycles. The highest BCUT2D eigenvalue weighted by atomic mass is 79.9. The zero-order valence-electron chi connectivity index (χ0n) is 21.2. The van der Waals surface area contributed by atoms with Gasteiger partial charge in [-0.2, -0.15) is 0 Å². The summed E-state index contributed by atoms with van der Waals surface area (Å²) in [6.07, 6.45) is 8.40. The molecule has 3 aromatic carbocycles. The first-order valence-electron chi connectivity index (χ1n) is 12.2. The van der Waals surface area contributed by atoms with Crippen LogP contribution in [0.15, 0.2) is 72.8 Å². The van der Waals surface area contributed by atoms with Crippen LogP contribution in [0.5, 0.6) is 17.2 Å². The molecule has 4 nitrogen and oxygen atoms in total. The maximum atomic E-state index is 5.66. The molecule has 0 unspecified atom stereocenters. The first-order valence-corrected chi connectivity index (χ1v) is 14.2. The van der Waals surface area contributed by atoms with Crippen LogP contribution in [0.4, 0.5) is 0 Å². The Kier molecular flexibility index (Phi) is 12.6. The average Bonchev–Trinajstić information content (AvgIpc) is 2.91. The van der Waals surface area contributed by atoms with E-state index in [1.54, 1.807) is 21.3 Å². The van der Waals surface area contributed by atoms with Crippen molar-refractivity contribution >= 4 is 23.2 Å². The monoisotopic (exact) mass is 559 g/mol. The number of benzene rings is 3. The zero-order valence-corrected chi connectivity index (χ0v) is 23.7. The summed E-state index contributed by atoms with van der Waals surface area (Å²) in [6.45, 7) is 0.793. The fourth-order valence-corrected chi connectivity index (χ4v) is 8.89. The van der Waals surface area contributed by atoms with Gasteiger partial charge >= 0.3 is 0 Å². The van der Waals surface area contributed by atoms with Crippen molar-refractivity contribution in [2.24, 2.45) is 5.73 Å². The standard InChI is InChI=1S/C29H39NO3P.BrH/c1-31-24-10-16-27(17-11-24)34(23-9-7-5-4-6-8-22-30,28-18-12-25(32-2)13-19-28)29-20-14-26(33-3)15-21-29;/h10-21H,4-9,22-23,30H2,1-3H3;1H/q+1;/p-1. The normalized spacial score (nSPS) is 11.0. The number of hydrogen-bond donors (Lipinski definition) is 1. The number of halogens is 1. The molecule has 0 aliphatic heterocycles. The van der Waals surface area contributed by atoms with E-state index in [1.807, 2.05) is 0 Å². The van der Waals surface area contributed by atoms with Gasteiger partial charge in [0.25, 0.3) is 0 Å². The van der Waals surface area contributed by atoms with Gasteiger partial charge in [0.05, 0.1) is 27.5 Å². The third-order valence-electron chi connectivity index (χ3n) is 6.49. The summed E-state index contributed by atoms with van der Waals surface area (Å²) in [7, 11) is 3.26. The van der Waals surface area contributed by atoms with Crippen molar-refractivity contribution in [2.45, 2.75) is 38.5 Å². The number of hydrogen-bond acceptors (Lipinski definition) is 4. The highest BCUT2D eigenvalue weighted by Gasteiger charge is 2.44. The number of unbranched alkanes of at least 4 members (excludes halogenated alkanes) is 5. The molecule has 0 aliphatic carbocycles. The Bertz CT molecular complexity index is 863. The van der Waals surface area contributed by atoms with E-state index in [0.29, 0.717) is 0 Å². The van der Waals surface area contributed by atoms with Crippen LogP contribution >= 0.6 is 7.26 Å². The molecule has 6 heteroatoms. The van der Waals surface area contributed by atoms with E-state index >= 15 is 0 Å². The fraction of sp³-hybridized carbons (Fsp3) is 0.379. The molecule has 0 fully saturated rings. The lowest BCUT2D eigenvalue weighted by Crippen LogP contribution is -3.00. The second kappa shape index (κ2) is 15.1. The lowest BCUT2D eigenvalue weighted by Gasteiger charge is -2.28. The Balaban J connectivity index is 0.00000432. The second-order valence-electron chi connectivity index (χ2n) is 8.54. The van der Waals surface area contributed by atoms with Crippen molar-refractivity contribution in [2.75, 3.05) is 34.0 Å². The molecule has 190 valence electrons. The topological polar surface area (TPSA) is 53.7 Å². The van der Waals surface area contributed by atoms with Crippen LogP contribution in [-0.2, 0) is 0 Å². The summed E-state index contributed by atoms with van der Waals surface area (Å²) >= 11 is 0. The number of rotatable bonds is 14. The predicted molar refractivity (Wildman–Crippen MR) is 146 cm³/mol. The summed E-state index contributed by atoms with van der Waals surface area (Å²) in [6, 6.07) is 26.0. The van der Waals surface area contributed by atoms with Crippen molar-refractivity contribution in [1.82, 2.24) is 0 Å². The molecule has 0 aromatic heterocycles. The SMILES string of the molecule is COc1ccc([P+](CCCCCCCCN)(c2ccc(OC)cc2)c2ccc(OC)cc2)cc1.[Br-]. The van der Waals surface area contributed by atoms with E-state index in [9.17, 15) is 0 Å². The third kappa shape index (κ3) is 7.46. The summed E-state index contributed by atoms with van der Waals surface area (Å²) in [5.74, 6) is 2.64. The molecule has 0 amide bonds. The minimum Gasteiger partial charge on any atom is -1.00 e. The maximum Gasteiger partial charge on any atom is 0.119 e. The van der Waals surface area contributed by atoms with Crippen LogP contribution in [0, 0.1) is 0 Å². The van der Waals surface area contributed by atoms with Gasteiger partial charge in [0, 0.05) is 0 Å². The highest BCUT2D eigenvalue weighted by Crippen LogP contribution is 2.56. The molecule has 2 N–H and O–H groups in total. The predicted octanol–water partition coefficient (Wildman–Crippen LogP) is 2.31. The highest BCUT2D eigenvalue weighted by molar-refractivity contribution is 7.95. The quantitative estimate of drug-likeness (QED) is 0.243. The summed E-state index contributed by atoms with van der Waals surface area (Å²) in [4.78, 5) is 0. The van der Waals surface area contributed by atoms with E-state index in [1.165, 1.54) is 48.0 Å². The molecule has 0 heterocycles. The molecule has 0 bridgehead atoms. The van der Waals surface area contributed by atoms with Crippen LogP contribution in [0.1, 0.15) is 38.5 Å². The molecule has 0 saturated heterocycles. The molecule has 3 rings (SSSR count). The Morgan fingerprint density at radius 2 is 0.829 bits per heavy atom. The van der Waals surface area contributed by atoms with Crippen molar-refractivity contribution < 1.29 is 31.2 Å². The molecule has 35 heavy (non-hydrogen) atoms. The van der Waals surface area contributed by atoms with Crippen molar-refractivity contribution in [3.05, 3.63) is 72.8 Å². The minimum atomic E-state index is -1.89. The fourth-order valence-electron chi connectivity index (χ4n) is 4.55. The van der Waals surface area contributed by atoms with Gasteiger partial charge in [-0.1, -0.05) is 19.3 Å². The first-order chi connectivity index (χ1) is 16.7. The van der Waals surface area contributed by atoms with Gasteiger partial charge in [0.15, 0.2) is 0 Å². The van der Waals surface area contributed by atoms with Gasteiger partial charge in [0.1, 0.15) is 40.4 Å². The summed E-state index contributed by atoms with van der Waals surface area (Å²) in [5.41, 5.74) is 5.66. The molecule has 0 spiro atoms. The van der Waals surface area contributed by atoms with Crippen molar-refractivity contribution in [3.63, 3.8) is 0 Å². The van der Waals surface area contributed by atoms with Crippen molar-refractivity contribution in [1.29, 1.82) is 0 Å². The second-order valence-corrected chi connectivity index (χ2v) is 12.2. The molecule has 3 aromatic rings. The zero-order chi connectivity index (χ0) is 24.2. The van der Waals surface area contributed by atoms with E-state index in [2.05, 4.69) is 72.8 Å². The van der Waals surface area contributed by atoms with Gasteiger partial charge in [-0.05, 0) is 98.6 Å². The van der Waals surface area contributed by atoms with Crippen LogP contribution < -0.4 is 52.8 Å². The average molecular weight is 561 g/mol. The molecular formula is C29H39BrNO3P. The Morgan fingerprint density at radius 1 is 0.514 bits per heavy atom. The Hall–Kier alpha value is -2.07. The Labute approximate surface area is 222 Å².